The van der Waals surface area contributed by atoms with Crippen molar-refractivity contribution in [1.29, 1.82) is 0 Å². The summed E-state index contributed by atoms with van der Waals surface area (Å²) >= 11 is 0. The molecule has 6 nitrogen and oxygen atoms in total. The van der Waals surface area contributed by atoms with Gasteiger partial charge in [-0.1, -0.05) is 26.0 Å². The molecule has 1 unspecified atom stereocenters. The normalized spacial score (nSPS) is 17.5. The number of hydrogen-bond acceptors (Lipinski definition) is 3. The first-order valence-corrected chi connectivity index (χ1v) is 9.98. The van der Waals surface area contributed by atoms with Crippen molar-refractivity contribution >= 4 is 22.8 Å². The summed E-state index contributed by atoms with van der Waals surface area (Å²) in [5, 5.41) is 2.94. The molecule has 2 aromatic rings. The molecule has 1 aliphatic rings. The summed E-state index contributed by atoms with van der Waals surface area (Å²) in [5.41, 5.74) is 1.86. The van der Waals surface area contributed by atoms with E-state index >= 15 is 0 Å². The van der Waals surface area contributed by atoms with E-state index in [-0.39, 0.29) is 17.7 Å². The van der Waals surface area contributed by atoms with Crippen LogP contribution in [0.5, 0.6) is 0 Å². The topological polar surface area (TPSA) is 67.2 Å². The molecule has 1 N–H and O–H groups in total. The van der Waals surface area contributed by atoms with E-state index in [0.717, 1.165) is 36.2 Å². The van der Waals surface area contributed by atoms with E-state index in [9.17, 15) is 9.59 Å². The number of carbonyl (C=O) groups excluding carboxylic acids is 2. The van der Waals surface area contributed by atoms with Crippen LogP contribution in [0, 0.1) is 5.92 Å². The predicted molar refractivity (Wildman–Crippen MR) is 106 cm³/mol. The van der Waals surface area contributed by atoms with Crippen LogP contribution in [0.1, 0.15) is 45.9 Å². The zero-order valence-electron chi connectivity index (χ0n) is 16.6. The van der Waals surface area contributed by atoms with Gasteiger partial charge in [-0.05, 0) is 38.3 Å². The maximum Gasteiger partial charge on any atom is 0.242 e. The molecule has 1 aromatic carbocycles. The van der Waals surface area contributed by atoms with Gasteiger partial charge in [-0.2, -0.15) is 0 Å². The maximum atomic E-state index is 13.0. The zero-order chi connectivity index (χ0) is 19.4. The molecule has 1 atom stereocenters. The average Bonchev–Trinajstić information content (AvgIpc) is 2.99. The number of piperidine rings is 1. The first-order chi connectivity index (χ1) is 13.0. The number of benzene rings is 1. The highest BCUT2D eigenvalue weighted by atomic mass is 16.2. The van der Waals surface area contributed by atoms with Crippen LogP contribution in [0.25, 0.3) is 11.0 Å². The Balaban J connectivity index is 1.78. The van der Waals surface area contributed by atoms with Gasteiger partial charge in [0.05, 0.1) is 11.0 Å². The highest BCUT2D eigenvalue weighted by Gasteiger charge is 2.24. The third-order valence-electron chi connectivity index (χ3n) is 5.32. The molecule has 1 saturated heterocycles. The van der Waals surface area contributed by atoms with Crippen LogP contribution >= 0.6 is 0 Å². The van der Waals surface area contributed by atoms with E-state index in [0.29, 0.717) is 25.6 Å². The smallest absolute Gasteiger partial charge is 0.242 e. The highest BCUT2D eigenvalue weighted by molar-refractivity contribution is 5.81. The highest BCUT2D eigenvalue weighted by Crippen LogP contribution is 2.20. The molecule has 0 aliphatic carbocycles. The van der Waals surface area contributed by atoms with Crippen LogP contribution in [-0.4, -0.2) is 45.4 Å². The number of carbonyl (C=O) groups is 2. The van der Waals surface area contributed by atoms with Gasteiger partial charge in [0.25, 0.3) is 0 Å². The van der Waals surface area contributed by atoms with Crippen molar-refractivity contribution in [2.75, 3.05) is 13.1 Å². The molecule has 1 aromatic heterocycles. The Kier molecular flexibility index (Phi) is 6.14. The lowest BCUT2D eigenvalue weighted by Gasteiger charge is -2.33. The number of para-hydroxylation sites is 2. The van der Waals surface area contributed by atoms with Crippen molar-refractivity contribution < 1.29 is 9.59 Å². The Hall–Kier alpha value is -2.37. The van der Waals surface area contributed by atoms with Crippen LogP contribution in [0.3, 0.4) is 0 Å². The third-order valence-corrected chi connectivity index (χ3v) is 5.32. The number of likely N-dealkylation sites (tertiary alicyclic amines) is 1. The fourth-order valence-electron chi connectivity index (χ4n) is 3.69. The Labute approximate surface area is 160 Å². The Morgan fingerprint density at radius 3 is 2.78 bits per heavy atom. The van der Waals surface area contributed by atoms with E-state index in [1.54, 1.807) is 0 Å². The van der Waals surface area contributed by atoms with Crippen LogP contribution in [-0.2, 0) is 22.6 Å². The van der Waals surface area contributed by atoms with Crippen LogP contribution in [0.15, 0.2) is 24.3 Å². The predicted octanol–water partition coefficient (Wildman–Crippen LogP) is 2.75. The molecule has 27 heavy (non-hydrogen) atoms. The van der Waals surface area contributed by atoms with E-state index < -0.39 is 0 Å². The Morgan fingerprint density at radius 2 is 2.04 bits per heavy atom. The number of nitrogens with one attached hydrogen (secondary N) is 1. The molecule has 146 valence electrons. The average molecular weight is 370 g/mol. The van der Waals surface area contributed by atoms with Crippen molar-refractivity contribution in [3.8, 4) is 0 Å². The Morgan fingerprint density at radius 1 is 1.26 bits per heavy atom. The monoisotopic (exact) mass is 370 g/mol. The molecule has 0 bridgehead atoms. The second kappa shape index (κ2) is 8.55. The molecule has 6 heteroatoms. The van der Waals surface area contributed by atoms with Crippen LogP contribution in [0.4, 0.5) is 0 Å². The van der Waals surface area contributed by atoms with Crippen LogP contribution < -0.4 is 5.32 Å². The number of hydrogen-bond donors (Lipinski definition) is 1. The summed E-state index contributed by atoms with van der Waals surface area (Å²) in [6.07, 6.45) is 3.95. The van der Waals surface area contributed by atoms with Crippen molar-refractivity contribution in [2.45, 2.75) is 59.0 Å². The van der Waals surface area contributed by atoms with E-state index in [1.807, 2.05) is 47.6 Å². The number of rotatable bonds is 6. The molecule has 3 rings (SSSR count). The minimum atomic E-state index is -0.0361. The number of aromatic nitrogens is 2. The summed E-state index contributed by atoms with van der Waals surface area (Å²) in [6.45, 7) is 7.55. The van der Waals surface area contributed by atoms with Gasteiger partial charge in [0.15, 0.2) is 0 Å². The van der Waals surface area contributed by atoms with Crippen molar-refractivity contribution in [3.63, 3.8) is 0 Å². The van der Waals surface area contributed by atoms with Gasteiger partial charge < -0.3 is 14.8 Å². The zero-order valence-corrected chi connectivity index (χ0v) is 16.6. The SMILES string of the molecule is CC(C)C(=O)NCCc1nc2ccccc2n1CC(=O)N1CCCCC1C. The summed E-state index contributed by atoms with van der Waals surface area (Å²) in [4.78, 5) is 31.5. The first-order valence-electron chi connectivity index (χ1n) is 9.98. The maximum absolute atomic E-state index is 13.0. The van der Waals surface area contributed by atoms with Gasteiger partial charge in [-0.15, -0.1) is 0 Å². The molecule has 0 saturated carbocycles. The van der Waals surface area contributed by atoms with Gasteiger partial charge in [-0.3, -0.25) is 9.59 Å². The van der Waals surface area contributed by atoms with E-state index in [1.165, 1.54) is 6.42 Å². The quantitative estimate of drug-likeness (QED) is 0.850. The lowest BCUT2D eigenvalue weighted by Crippen LogP contribution is -2.43. The summed E-state index contributed by atoms with van der Waals surface area (Å²) in [7, 11) is 0. The van der Waals surface area contributed by atoms with Gasteiger partial charge in [-0.25, -0.2) is 4.98 Å². The van der Waals surface area contributed by atoms with Crippen LogP contribution in [0.2, 0.25) is 0 Å². The number of fused-ring (bicyclic) bond motifs is 1. The minimum Gasteiger partial charge on any atom is -0.355 e. The molecule has 0 radical (unpaired) electrons. The molecular formula is C21H30N4O2. The van der Waals surface area contributed by atoms with Crippen molar-refractivity contribution in [3.05, 3.63) is 30.1 Å². The molecule has 0 spiro atoms. The van der Waals surface area contributed by atoms with Gasteiger partial charge in [0, 0.05) is 31.5 Å². The minimum absolute atomic E-state index is 0.0361. The molecule has 2 heterocycles. The molecule has 2 amide bonds. The lowest BCUT2D eigenvalue weighted by molar-refractivity contribution is -0.135. The fraction of sp³-hybridized carbons (Fsp3) is 0.571. The number of nitrogens with zero attached hydrogens (tertiary/aromatic N) is 3. The standard InChI is InChI=1S/C21H30N4O2/c1-15(2)21(27)22-12-11-19-23-17-9-4-5-10-18(17)25(19)14-20(26)24-13-7-6-8-16(24)3/h4-5,9-10,15-16H,6-8,11-14H2,1-3H3,(H,22,27). The van der Waals surface area contributed by atoms with Crippen molar-refractivity contribution in [1.82, 2.24) is 19.8 Å². The molecular weight excluding hydrogens is 340 g/mol. The lowest BCUT2D eigenvalue weighted by atomic mass is 10.0. The van der Waals surface area contributed by atoms with Gasteiger partial charge in [0.1, 0.15) is 12.4 Å². The summed E-state index contributed by atoms with van der Waals surface area (Å²) in [5.74, 6) is 0.998. The molecule has 1 fully saturated rings. The Bertz CT molecular complexity index is 812. The number of imidazole rings is 1. The number of amides is 2. The summed E-state index contributed by atoms with van der Waals surface area (Å²) < 4.78 is 2.01. The van der Waals surface area contributed by atoms with Gasteiger partial charge in [0.2, 0.25) is 11.8 Å². The third kappa shape index (κ3) is 4.49. The second-order valence-corrected chi connectivity index (χ2v) is 7.73. The van der Waals surface area contributed by atoms with E-state index in [2.05, 4.69) is 12.2 Å². The fourth-order valence-corrected chi connectivity index (χ4v) is 3.69. The summed E-state index contributed by atoms with van der Waals surface area (Å²) in [6, 6.07) is 8.20. The van der Waals surface area contributed by atoms with Crippen molar-refractivity contribution in [2.24, 2.45) is 5.92 Å². The molecule has 1 aliphatic heterocycles. The van der Waals surface area contributed by atoms with E-state index in [4.69, 9.17) is 4.98 Å². The van der Waals surface area contributed by atoms with Gasteiger partial charge >= 0.3 is 0 Å². The second-order valence-electron chi connectivity index (χ2n) is 7.73. The largest absolute Gasteiger partial charge is 0.355 e. The first kappa shape index (κ1) is 19.4.